The van der Waals surface area contributed by atoms with Crippen molar-refractivity contribution in [2.75, 3.05) is 0 Å². The number of aromatic nitrogens is 1. The highest BCUT2D eigenvalue weighted by molar-refractivity contribution is 6.02. The van der Waals surface area contributed by atoms with E-state index in [-0.39, 0.29) is 11.8 Å². The number of carboxylic acids is 1. The van der Waals surface area contributed by atoms with Crippen molar-refractivity contribution in [3.05, 3.63) is 84.1 Å². The van der Waals surface area contributed by atoms with Gasteiger partial charge in [-0.25, -0.2) is 4.79 Å². The van der Waals surface area contributed by atoms with Gasteiger partial charge in [-0.2, -0.15) is 0 Å². The molecular weight excluding hydrogens is 390 g/mol. The molecule has 5 nitrogen and oxygen atoms in total. The lowest BCUT2D eigenvalue weighted by molar-refractivity contribution is -0.131. The minimum Gasteiger partial charge on any atom is -0.488 e. The zero-order valence-electron chi connectivity index (χ0n) is 17.2. The number of carbonyl (C=O) groups excluding carboxylic acids is 1. The van der Waals surface area contributed by atoms with Crippen molar-refractivity contribution < 1.29 is 19.4 Å². The molecular formula is C26H25NO4. The van der Waals surface area contributed by atoms with Gasteiger partial charge >= 0.3 is 5.97 Å². The zero-order valence-corrected chi connectivity index (χ0v) is 17.2. The molecule has 1 aliphatic rings. The van der Waals surface area contributed by atoms with Crippen molar-refractivity contribution in [2.45, 2.75) is 32.3 Å². The fraction of sp³-hybridized carbons (Fsp3) is 0.231. The van der Waals surface area contributed by atoms with Crippen LogP contribution in [0, 0.1) is 5.92 Å². The molecule has 31 heavy (non-hydrogen) atoms. The minimum atomic E-state index is -1.04. The van der Waals surface area contributed by atoms with Crippen LogP contribution in [0.25, 0.3) is 17.0 Å². The van der Waals surface area contributed by atoms with E-state index in [1.165, 1.54) is 6.08 Å². The standard InChI is InChI=1S/C26H25NO4/c28-24(16-19-8-3-1-4-9-19)27-17-21(14-15-25(29)30)26-22(27)12-7-13-23(26)31-18-20-10-5-2-6-11-20/h2-3,5-8,10-15,17,19H,1,4,9,16,18H2,(H,29,30)/b15-14+. The van der Waals surface area contributed by atoms with Crippen molar-refractivity contribution in [2.24, 2.45) is 5.92 Å². The molecule has 5 heteroatoms. The number of carboxylic acid groups (broad SMARTS) is 1. The van der Waals surface area contributed by atoms with Crippen molar-refractivity contribution in [1.82, 2.24) is 4.57 Å². The fourth-order valence-corrected chi connectivity index (χ4v) is 4.01. The molecule has 0 radical (unpaired) electrons. The van der Waals surface area contributed by atoms with Gasteiger partial charge in [-0.05, 0) is 49.0 Å². The maximum absolute atomic E-state index is 13.1. The number of allylic oxidation sites excluding steroid dienone is 2. The molecule has 1 N–H and O–H groups in total. The third-order valence-corrected chi connectivity index (χ3v) is 5.52. The van der Waals surface area contributed by atoms with Gasteiger partial charge in [0.15, 0.2) is 0 Å². The van der Waals surface area contributed by atoms with Crippen LogP contribution in [-0.2, 0) is 11.4 Å². The lowest BCUT2D eigenvalue weighted by atomic mass is 9.93. The first-order valence-corrected chi connectivity index (χ1v) is 10.5. The van der Waals surface area contributed by atoms with Gasteiger partial charge in [0.1, 0.15) is 12.4 Å². The van der Waals surface area contributed by atoms with E-state index in [4.69, 9.17) is 9.84 Å². The summed E-state index contributed by atoms with van der Waals surface area (Å²) in [5.41, 5.74) is 2.40. The van der Waals surface area contributed by atoms with Crippen LogP contribution < -0.4 is 4.74 Å². The van der Waals surface area contributed by atoms with Gasteiger partial charge in [-0.3, -0.25) is 9.36 Å². The van der Waals surface area contributed by atoms with Crippen LogP contribution in [0.4, 0.5) is 0 Å². The third-order valence-electron chi connectivity index (χ3n) is 5.52. The summed E-state index contributed by atoms with van der Waals surface area (Å²) in [6, 6.07) is 15.4. The monoisotopic (exact) mass is 415 g/mol. The van der Waals surface area contributed by atoms with E-state index >= 15 is 0 Å². The Morgan fingerprint density at radius 2 is 1.97 bits per heavy atom. The Balaban J connectivity index is 1.69. The molecule has 0 fully saturated rings. The Morgan fingerprint density at radius 3 is 2.71 bits per heavy atom. The molecule has 4 rings (SSSR count). The molecule has 1 aromatic heterocycles. The van der Waals surface area contributed by atoms with Crippen molar-refractivity contribution in [3.63, 3.8) is 0 Å². The highest BCUT2D eigenvalue weighted by atomic mass is 16.5. The molecule has 0 bridgehead atoms. The number of hydrogen-bond acceptors (Lipinski definition) is 3. The Kier molecular flexibility index (Phi) is 6.32. The molecule has 0 saturated carbocycles. The average Bonchev–Trinajstić information content (AvgIpc) is 3.17. The Morgan fingerprint density at radius 1 is 1.13 bits per heavy atom. The van der Waals surface area contributed by atoms with E-state index < -0.39 is 5.97 Å². The number of fused-ring (bicyclic) bond motifs is 1. The lowest BCUT2D eigenvalue weighted by Crippen LogP contribution is -2.15. The maximum Gasteiger partial charge on any atom is 0.328 e. The predicted molar refractivity (Wildman–Crippen MR) is 121 cm³/mol. The van der Waals surface area contributed by atoms with Crippen LogP contribution >= 0.6 is 0 Å². The van der Waals surface area contributed by atoms with E-state index in [2.05, 4.69) is 12.2 Å². The first-order chi connectivity index (χ1) is 15.1. The van der Waals surface area contributed by atoms with Gasteiger partial charge < -0.3 is 9.84 Å². The van der Waals surface area contributed by atoms with E-state index in [9.17, 15) is 9.59 Å². The van der Waals surface area contributed by atoms with Gasteiger partial charge in [-0.15, -0.1) is 0 Å². The number of hydrogen-bond donors (Lipinski definition) is 1. The molecule has 3 aromatic rings. The van der Waals surface area contributed by atoms with E-state index in [0.29, 0.717) is 24.3 Å². The first kappa shape index (κ1) is 20.7. The van der Waals surface area contributed by atoms with Crippen LogP contribution in [0.15, 0.2) is 73.0 Å². The number of nitrogens with zero attached hydrogens (tertiary/aromatic N) is 1. The van der Waals surface area contributed by atoms with Gasteiger partial charge in [0.05, 0.1) is 5.52 Å². The lowest BCUT2D eigenvalue weighted by Gasteiger charge is -2.16. The molecule has 0 saturated heterocycles. The molecule has 2 aromatic carbocycles. The van der Waals surface area contributed by atoms with Crippen LogP contribution in [0.1, 0.15) is 41.6 Å². The maximum atomic E-state index is 13.1. The van der Waals surface area contributed by atoms with Gasteiger partial charge in [0, 0.05) is 29.6 Å². The van der Waals surface area contributed by atoms with Crippen LogP contribution in [0.5, 0.6) is 5.75 Å². The van der Waals surface area contributed by atoms with E-state index in [1.54, 1.807) is 10.8 Å². The molecule has 0 amide bonds. The average molecular weight is 415 g/mol. The Hall–Kier alpha value is -3.60. The number of ether oxygens (including phenoxy) is 1. The Labute approximate surface area is 181 Å². The topological polar surface area (TPSA) is 68.5 Å². The SMILES string of the molecule is O=C(O)/C=C/c1cn(C(=O)CC2C=CCCC2)c2cccc(OCc3ccccc3)c12. The second-order valence-corrected chi connectivity index (χ2v) is 7.77. The molecule has 0 spiro atoms. The van der Waals surface area contributed by atoms with E-state index in [0.717, 1.165) is 41.8 Å². The van der Waals surface area contributed by atoms with Crippen LogP contribution in [0.2, 0.25) is 0 Å². The molecule has 1 unspecified atom stereocenters. The summed E-state index contributed by atoms with van der Waals surface area (Å²) in [6.07, 6.45) is 12.2. The summed E-state index contributed by atoms with van der Waals surface area (Å²) in [4.78, 5) is 24.2. The molecule has 158 valence electrons. The second-order valence-electron chi connectivity index (χ2n) is 7.77. The van der Waals surface area contributed by atoms with Crippen molar-refractivity contribution in [1.29, 1.82) is 0 Å². The smallest absolute Gasteiger partial charge is 0.328 e. The van der Waals surface area contributed by atoms with Crippen molar-refractivity contribution in [3.8, 4) is 5.75 Å². The summed E-state index contributed by atoms with van der Waals surface area (Å²) >= 11 is 0. The quantitative estimate of drug-likeness (QED) is 0.397. The zero-order chi connectivity index (χ0) is 21.6. The third kappa shape index (κ3) is 4.94. The number of benzene rings is 2. The summed E-state index contributed by atoms with van der Waals surface area (Å²) < 4.78 is 7.71. The highest BCUT2D eigenvalue weighted by Gasteiger charge is 2.19. The first-order valence-electron chi connectivity index (χ1n) is 10.5. The second kappa shape index (κ2) is 9.47. The van der Waals surface area contributed by atoms with Gasteiger partial charge in [0.25, 0.3) is 0 Å². The molecule has 0 aliphatic heterocycles. The molecule has 1 heterocycles. The summed E-state index contributed by atoms with van der Waals surface area (Å²) in [7, 11) is 0. The largest absolute Gasteiger partial charge is 0.488 e. The normalized spacial score (nSPS) is 16.1. The predicted octanol–water partition coefficient (Wildman–Crippen LogP) is 5.70. The Bertz CT molecular complexity index is 1140. The number of carbonyl (C=O) groups is 2. The van der Waals surface area contributed by atoms with Gasteiger partial charge in [0.2, 0.25) is 5.91 Å². The molecule has 1 aliphatic carbocycles. The number of rotatable bonds is 7. The van der Waals surface area contributed by atoms with Crippen molar-refractivity contribution >= 4 is 28.9 Å². The molecule has 1 atom stereocenters. The van der Waals surface area contributed by atoms with Crippen LogP contribution in [-0.4, -0.2) is 21.6 Å². The fourth-order valence-electron chi connectivity index (χ4n) is 4.01. The summed E-state index contributed by atoms with van der Waals surface area (Å²) in [5, 5.41) is 9.84. The van der Waals surface area contributed by atoms with Gasteiger partial charge in [-0.1, -0.05) is 48.6 Å². The van der Waals surface area contributed by atoms with E-state index in [1.807, 2.05) is 48.5 Å². The van der Waals surface area contributed by atoms with Crippen LogP contribution in [0.3, 0.4) is 0 Å². The highest BCUT2D eigenvalue weighted by Crippen LogP contribution is 2.33. The minimum absolute atomic E-state index is 0.00302. The number of aliphatic carboxylic acids is 1. The summed E-state index contributed by atoms with van der Waals surface area (Å²) in [5.74, 6) is -0.177. The summed E-state index contributed by atoms with van der Waals surface area (Å²) in [6.45, 7) is 0.383.